The Morgan fingerprint density at radius 3 is 2.33 bits per heavy atom. The van der Waals surface area contributed by atoms with Gasteiger partial charge in [0.2, 0.25) is 0 Å². The summed E-state index contributed by atoms with van der Waals surface area (Å²) in [4.78, 5) is 0. The van der Waals surface area contributed by atoms with E-state index in [1.54, 1.807) is 7.11 Å². The summed E-state index contributed by atoms with van der Waals surface area (Å²) in [5.74, 6) is 0.929. The molecular formula is C17H20O. The van der Waals surface area contributed by atoms with E-state index in [0.29, 0.717) is 0 Å². The first-order chi connectivity index (χ1) is 8.85. The van der Waals surface area contributed by atoms with E-state index >= 15 is 0 Å². The Morgan fingerprint density at radius 1 is 0.944 bits per heavy atom. The third kappa shape index (κ3) is 2.92. The molecule has 0 aliphatic heterocycles. The van der Waals surface area contributed by atoms with Gasteiger partial charge in [-0.2, -0.15) is 0 Å². The first kappa shape index (κ1) is 12.7. The fourth-order valence-corrected chi connectivity index (χ4v) is 2.11. The third-order valence-corrected chi connectivity index (χ3v) is 3.19. The number of hydrogen-bond donors (Lipinski definition) is 0. The average Bonchev–Trinajstić information content (AvgIpc) is 2.45. The predicted octanol–water partition coefficient (Wildman–Crippen LogP) is 4.70. The standard InChI is InChI=1S/C17H20O/c1-3-4-7-14-10-12-15(13-11-14)16-8-5-6-9-17(16)18-2/h5-6,8-13H,3-4,7H2,1-2H3. The maximum absolute atomic E-state index is 5.39. The summed E-state index contributed by atoms with van der Waals surface area (Å²) in [6.45, 7) is 2.23. The summed E-state index contributed by atoms with van der Waals surface area (Å²) in [5, 5.41) is 0. The zero-order valence-corrected chi connectivity index (χ0v) is 11.1. The molecule has 0 fully saturated rings. The van der Waals surface area contributed by atoms with Crippen molar-refractivity contribution < 1.29 is 4.74 Å². The largest absolute Gasteiger partial charge is 0.496 e. The second-order valence-electron chi connectivity index (χ2n) is 4.50. The molecule has 0 radical (unpaired) electrons. The molecule has 0 amide bonds. The maximum Gasteiger partial charge on any atom is 0.126 e. The van der Waals surface area contributed by atoms with Gasteiger partial charge in [0.05, 0.1) is 7.11 Å². The minimum absolute atomic E-state index is 0.929. The molecule has 2 aromatic rings. The quantitative estimate of drug-likeness (QED) is 0.735. The molecule has 0 aromatic heterocycles. The number of para-hydroxylation sites is 1. The molecule has 0 saturated carbocycles. The van der Waals surface area contributed by atoms with Crippen LogP contribution >= 0.6 is 0 Å². The van der Waals surface area contributed by atoms with Crippen molar-refractivity contribution >= 4 is 0 Å². The normalized spacial score (nSPS) is 10.3. The number of aryl methyl sites for hydroxylation is 1. The molecular weight excluding hydrogens is 220 g/mol. The van der Waals surface area contributed by atoms with Gasteiger partial charge in [-0.1, -0.05) is 55.8 Å². The maximum atomic E-state index is 5.39. The molecule has 0 spiro atoms. The molecule has 0 unspecified atom stereocenters. The highest BCUT2D eigenvalue weighted by atomic mass is 16.5. The van der Waals surface area contributed by atoms with Gasteiger partial charge < -0.3 is 4.74 Å². The van der Waals surface area contributed by atoms with Gasteiger partial charge in [0.1, 0.15) is 5.75 Å². The van der Waals surface area contributed by atoms with Gasteiger partial charge in [0, 0.05) is 5.56 Å². The van der Waals surface area contributed by atoms with Crippen LogP contribution in [0, 0.1) is 0 Å². The second-order valence-corrected chi connectivity index (χ2v) is 4.50. The lowest BCUT2D eigenvalue weighted by molar-refractivity contribution is 0.416. The number of unbranched alkanes of at least 4 members (excludes halogenated alkanes) is 1. The van der Waals surface area contributed by atoms with Gasteiger partial charge in [-0.25, -0.2) is 0 Å². The summed E-state index contributed by atoms with van der Waals surface area (Å²) < 4.78 is 5.39. The monoisotopic (exact) mass is 240 g/mol. The van der Waals surface area contributed by atoms with Gasteiger partial charge in [-0.15, -0.1) is 0 Å². The molecule has 0 atom stereocenters. The number of methoxy groups -OCH3 is 1. The summed E-state index contributed by atoms with van der Waals surface area (Å²) in [7, 11) is 1.72. The average molecular weight is 240 g/mol. The van der Waals surface area contributed by atoms with Gasteiger partial charge in [-0.3, -0.25) is 0 Å². The van der Waals surface area contributed by atoms with Crippen LogP contribution in [0.1, 0.15) is 25.3 Å². The Labute approximate surface area is 109 Å². The summed E-state index contributed by atoms with van der Waals surface area (Å²) in [6, 6.07) is 16.9. The molecule has 2 rings (SSSR count). The molecule has 1 heteroatoms. The van der Waals surface area contributed by atoms with Gasteiger partial charge in [0.15, 0.2) is 0 Å². The molecule has 18 heavy (non-hydrogen) atoms. The van der Waals surface area contributed by atoms with Crippen LogP contribution < -0.4 is 4.74 Å². The predicted molar refractivity (Wildman–Crippen MR) is 77.0 cm³/mol. The second kappa shape index (κ2) is 6.25. The number of rotatable bonds is 5. The van der Waals surface area contributed by atoms with Gasteiger partial charge in [-0.05, 0) is 30.0 Å². The molecule has 0 aliphatic rings. The van der Waals surface area contributed by atoms with Crippen molar-refractivity contribution in [2.24, 2.45) is 0 Å². The summed E-state index contributed by atoms with van der Waals surface area (Å²) in [6.07, 6.45) is 3.67. The molecule has 0 bridgehead atoms. The molecule has 2 aromatic carbocycles. The van der Waals surface area contributed by atoms with Crippen molar-refractivity contribution in [3.63, 3.8) is 0 Å². The Bertz CT molecular complexity index is 485. The molecule has 1 nitrogen and oxygen atoms in total. The van der Waals surface area contributed by atoms with E-state index in [1.807, 2.05) is 18.2 Å². The van der Waals surface area contributed by atoms with Gasteiger partial charge >= 0.3 is 0 Å². The van der Waals surface area contributed by atoms with E-state index in [4.69, 9.17) is 4.74 Å². The summed E-state index contributed by atoms with van der Waals surface area (Å²) >= 11 is 0. The van der Waals surface area contributed by atoms with E-state index in [0.717, 1.165) is 11.3 Å². The Kier molecular flexibility index (Phi) is 4.40. The van der Waals surface area contributed by atoms with Crippen molar-refractivity contribution in [1.29, 1.82) is 0 Å². The van der Waals surface area contributed by atoms with Crippen LogP contribution in [-0.4, -0.2) is 7.11 Å². The lowest BCUT2D eigenvalue weighted by Gasteiger charge is -2.09. The molecule has 0 heterocycles. The minimum atomic E-state index is 0.929. The molecule has 0 N–H and O–H groups in total. The lowest BCUT2D eigenvalue weighted by atomic mass is 10.0. The van der Waals surface area contributed by atoms with Gasteiger partial charge in [0.25, 0.3) is 0 Å². The zero-order chi connectivity index (χ0) is 12.8. The van der Waals surface area contributed by atoms with Crippen LogP contribution in [0.5, 0.6) is 5.75 Å². The van der Waals surface area contributed by atoms with E-state index in [1.165, 1.54) is 30.4 Å². The minimum Gasteiger partial charge on any atom is -0.496 e. The van der Waals surface area contributed by atoms with Crippen LogP contribution in [0.3, 0.4) is 0 Å². The van der Waals surface area contributed by atoms with Crippen LogP contribution in [-0.2, 0) is 6.42 Å². The third-order valence-electron chi connectivity index (χ3n) is 3.19. The SMILES string of the molecule is CCCCc1ccc(-c2ccccc2OC)cc1. The Balaban J connectivity index is 2.23. The van der Waals surface area contributed by atoms with E-state index < -0.39 is 0 Å². The van der Waals surface area contributed by atoms with Crippen molar-refractivity contribution in [3.05, 3.63) is 54.1 Å². The fourth-order valence-electron chi connectivity index (χ4n) is 2.11. The summed E-state index contributed by atoms with van der Waals surface area (Å²) in [5.41, 5.74) is 3.78. The topological polar surface area (TPSA) is 9.23 Å². The van der Waals surface area contributed by atoms with E-state index in [-0.39, 0.29) is 0 Å². The highest BCUT2D eigenvalue weighted by molar-refractivity contribution is 5.70. The van der Waals surface area contributed by atoms with Crippen molar-refractivity contribution in [2.75, 3.05) is 7.11 Å². The van der Waals surface area contributed by atoms with Crippen LogP contribution in [0.15, 0.2) is 48.5 Å². The number of ether oxygens (including phenoxy) is 1. The molecule has 94 valence electrons. The number of benzene rings is 2. The van der Waals surface area contributed by atoms with E-state index in [2.05, 4.69) is 37.3 Å². The van der Waals surface area contributed by atoms with Crippen LogP contribution in [0.2, 0.25) is 0 Å². The van der Waals surface area contributed by atoms with Crippen molar-refractivity contribution in [1.82, 2.24) is 0 Å². The lowest BCUT2D eigenvalue weighted by Crippen LogP contribution is -1.88. The number of hydrogen-bond acceptors (Lipinski definition) is 1. The highest BCUT2D eigenvalue weighted by Crippen LogP contribution is 2.29. The van der Waals surface area contributed by atoms with Crippen LogP contribution in [0.4, 0.5) is 0 Å². The van der Waals surface area contributed by atoms with E-state index in [9.17, 15) is 0 Å². The highest BCUT2D eigenvalue weighted by Gasteiger charge is 2.04. The van der Waals surface area contributed by atoms with Crippen molar-refractivity contribution in [2.45, 2.75) is 26.2 Å². The smallest absolute Gasteiger partial charge is 0.126 e. The fraction of sp³-hybridized carbons (Fsp3) is 0.294. The Hall–Kier alpha value is -1.76. The Morgan fingerprint density at radius 2 is 1.67 bits per heavy atom. The molecule has 0 aliphatic carbocycles. The van der Waals surface area contributed by atoms with Crippen molar-refractivity contribution in [3.8, 4) is 16.9 Å². The first-order valence-electron chi connectivity index (χ1n) is 6.57. The van der Waals surface area contributed by atoms with Crippen LogP contribution in [0.25, 0.3) is 11.1 Å². The molecule has 0 saturated heterocycles. The first-order valence-corrected chi connectivity index (χ1v) is 6.57. The zero-order valence-electron chi connectivity index (χ0n) is 11.1.